The van der Waals surface area contributed by atoms with Crippen LogP contribution in [0.5, 0.6) is 0 Å². The topological polar surface area (TPSA) is 58.2 Å². The number of hydrogen-bond donors (Lipinski definition) is 2. The van der Waals surface area contributed by atoms with E-state index in [-0.39, 0.29) is 11.8 Å². The van der Waals surface area contributed by atoms with Crippen molar-refractivity contribution in [2.75, 3.05) is 13.1 Å². The summed E-state index contributed by atoms with van der Waals surface area (Å²) in [5, 5.41) is 5.51. The maximum Gasteiger partial charge on any atom is 0.251 e. The molecule has 2 amide bonds. The van der Waals surface area contributed by atoms with Crippen LogP contribution in [0.3, 0.4) is 0 Å². The van der Waals surface area contributed by atoms with E-state index in [0.717, 1.165) is 12.0 Å². The lowest BCUT2D eigenvalue weighted by atomic mass is 10.1. The van der Waals surface area contributed by atoms with Gasteiger partial charge in [-0.15, -0.1) is 0 Å². The van der Waals surface area contributed by atoms with Crippen LogP contribution in [-0.4, -0.2) is 24.9 Å². The van der Waals surface area contributed by atoms with Crippen molar-refractivity contribution in [3.63, 3.8) is 0 Å². The summed E-state index contributed by atoms with van der Waals surface area (Å²) >= 11 is 0. The second-order valence-corrected chi connectivity index (χ2v) is 4.17. The van der Waals surface area contributed by atoms with Crippen LogP contribution in [0.25, 0.3) is 0 Å². The summed E-state index contributed by atoms with van der Waals surface area (Å²) in [5.41, 5.74) is 1.59. The minimum absolute atomic E-state index is 0.0260. The van der Waals surface area contributed by atoms with Crippen LogP contribution in [0.4, 0.5) is 0 Å². The molecule has 1 aromatic rings. The normalized spacial score (nSPS) is 9.89. The molecule has 0 unspecified atom stereocenters. The summed E-state index contributed by atoms with van der Waals surface area (Å²) in [6.45, 7) is 4.94. The molecule has 0 aliphatic rings. The van der Waals surface area contributed by atoms with Crippen LogP contribution in [0.15, 0.2) is 24.3 Å². The molecule has 98 valence electrons. The first-order valence-corrected chi connectivity index (χ1v) is 6.25. The van der Waals surface area contributed by atoms with Crippen molar-refractivity contribution in [1.29, 1.82) is 0 Å². The van der Waals surface area contributed by atoms with Gasteiger partial charge in [-0.1, -0.05) is 25.1 Å². The van der Waals surface area contributed by atoms with Crippen molar-refractivity contribution in [3.8, 4) is 0 Å². The van der Waals surface area contributed by atoms with Gasteiger partial charge >= 0.3 is 0 Å². The highest BCUT2D eigenvalue weighted by atomic mass is 16.2. The first-order chi connectivity index (χ1) is 8.65. The summed E-state index contributed by atoms with van der Waals surface area (Å²) in [5.74, 6) is -0.154. The summed E-state index contributed by atoms with van der Waals surface area (Å²) in [6.07, 6.45) is 1.24. The van der Waals surface area contributed by atoms with Crippen molar-refractivity contribution < 1.29 is 9.59 Å². The molecule has 0 saturated carbocycles. The molecular weight excluding hydrogens is 228 g/mol. The number of amides is 2. The third-order valence-electron chi connectivity index (χ3n) is 2.60. The Balaban J connectivity index is 2.34. The molecule has 0 aromatic heterocycles. The van der Waals surface area contributed by atoms with Crippen LogP contribution in [0.1, 0.15) is 35.7 Å². The molecule has 1 rings (SSSR count). The number of aryl methyl sites for hydroxylation is 1. The van der Waals surface area contributed by atoms with E-state index in [1.54, 1.807) is 6.07 Å². The number of nitrogens with one attached hydrogen (secondary N) is 2. The summed E-state index contributed by atoms with van der Waals surface area (Å²) in [7, 11) is 0. The maximum atomic E-state index is 11.8. The van der Waals surface area contributed by atoms with E-state index in [1.807, 2.05) is 32.0 Å². The predicted molar refractivity (Wildman–Crippen MR) is 71.4 cm³/mol. The molecule has 0 saturated heterocycles. The van der Waals surface area contributed by atoms with E-state index in [2.05, 4.69) is 10.6 Å². The van der Waals surface area contributed by atoms with Crippen LogP contribution in [-0.2, 0) is 4.79 Å². The van der Waals surface area contributed by atoms with Crippen LogP contribution in [0.2, 0.25) is 0 Å². The first-order valence-electron chi connectivity index (χ1n) is 6.25. The van der Waals surface area contributed by atoms with Gasteiger partial charge in [0.1, 0.15) is 0 Å². The SMILES string of the molecule is CCCNC(=O)CCNC(=O)c1ccccc1C. The average Bonchev–Trinajstić information content (AvgIpc) is 2.36. The zero-order valence-electron chi connectivity index (χ0n) is 11.0. The fourth-order valence-corrected chi connectivity index (χ4v) is 1.57. The molecule has 0 atom stereocenters. The Morgan fingerprint density at radius 2 is 1.83 bits per heavy atom. The Hall–Kier alpha value is -1.84. The van der Waals surface area contributed by atoms with Crippen molar-refractivity contribution >= 4 is 11.8 Å². The zero-order valence-corrected chi connectivity index (χ0v) is 11.0. The molecule has 0 aliphatic carbocycles. The van der Waals surface area contributed by atoms with Gasteiger partial charge in [0.15, 0.2) is 0 Å². The molecule has 0 heterocycles. The highest BCUT2D eigenvalue weighted by molar-refractivity contribution is 5.95. The van der Waals surface area contributed by atoms with Gasteiger partial charge in [-0.25, -0.2) is 0 Å². The number of carbonyl (C=O) groups is 2. The molecular formula is C14H20N2O2. The van der Waals surface area contributed by atoms with Crippen molar-refractivity contribution in [2.45, 2.75) is 26.7 Å². The van der Waals surface area contributed by atoms with E-state index >= 15 is 0 Å². The van der Waals surface area contributed by atoms with Gasteiger partial charge in [0.25, 0.3) is 5.91 Å². The number of hydrogen-bond acceptors (Lipinski definition) is 2. The minimum Gasteiger partial charge on any atom is -0.356 e. The van der Waals surface area contributed by atoms with Crippen molar-refractivity contribution in [1.82, 2.24) is 10.6 Å². The van der Waals surface area contributed by atoms with Gasteiger partial charge in [-0.05, 0) is 25.0 Å². The molecule has 4 heteroatoms. The van der Waals surface area contributed by atoms with Gasteiger partial charge in [-0.2, -0.15) is 0 Å². The minimum atomic E-state index is -0.128. The number of rotatable bonds is 6. The summed E-state index contributed by atoms with van der Waals surface area (Å²) in [6, 6.07) is 7.39. The molecule has 0 aliphatic heterocycles. The van der Waals surface area contributed by atoms with Crippen LogP contribution >= 0.6 is 0 Å². The fraction of sp³-hybridized carbons (Fsp3) is 0.429. The third kappa shape index (κ3) is 4.57. The largest absolute Gasteiger partial charge is 0.356 e. The Kier molecular flexibility index (Phi) is 5.91. The molecule has 0 bridgehead atoms. The second kappa shape index (κ2) is 7.48. The van der Waals surface area contributed by atoms with Crippen LogP contribution < -0.4 is 10.6 Å². The Bertz CT molecular complexity index is 416. The van der Waals surface area contributed by atoms with Gasteiger partial charge in [0, 0.05) is 25.1 Å². The highest BCUT2D eigenvalue weighted by Gasteiger charge is 2.08. The molecule has 0 radical (unpaired) electrons. The monoisotopic (exact) mass is 248 g/mol. The Morgan fingerprint density at radius 3 is 2.50 bits per heavy atom. The van der Waals surface area contributed by atoms with Gasteiger partial charge in [0.05, 0.1) is 0 Å². The molecule has 18 heavy (non-hydrogen) atoms. The van der Waals surface area contributed by atoms with E-state index < -0.39 is 0 Å². The third-order valence-corrected chi connectivity index (χ3v) is 2.60. The zero-order chi connectivity index (χ0) is 13.4. The lowest BCUT2D eigenvalue weighted by Crippen LogP contribution is -2.31. The molecule has 0 fully saturated rings. The second-order valence-electron chi connectivity index (χ2n) is 4.17. The standard InChI is InChI=1S/C14H20N2O2/c1-3-9-15-13(17)8-10-16-14(18)12-7-5-4-6-11(12)2/h4-7H,3,8-10H2,1-2H3,(H,15,17)(H,16,18). The van der Waals surface area contributed by atoms with Crippen molar-refractivity contribution in [3.05, 3.63) is 35.4 Å². The fourth-order valence-electron chi connectivity index (χ4n) is 1.57. The van der Waals surface area contributed by atoms with Gasteiger partial charge < -0.3 is 10.6 Å². The van der Waals surface area contributed by atoms with E-state index in [9.17, 15) is 9.59 Å². The van der Waals surface area contributed by atoms with E-state index in [1.165, 1.54) is 0 Å². The van der Waals surface area contributed by atoms with E-state index in [0.29, 0.717) is 25.1 Å². The van der Waals surface area contributed by atoms with Gasteiger partial charge in [0.2, 0.25) is 5.91 Å². The summed E-state index contributed by atoms with van der Waals surface area (Å²) < 4.78 is 0. The lowest BCUT2D eigenvalue weighted by Gasteiger charge is -2.07. The predicted octanol–water partition coefficient (Wildman–Crippen LogP) is 1.64. The quantitative estimate of drug-likeness (QED) is 0.804. The smallest absolute Gasteiger partial charge is 0.251 e. The average molecular weight is 248 g/mol. The summed E-state index contributed by atoms with van der Waals surface area (Å²) in [4.78, 5) is 23.1. The van der Waals surface area contributed by atoms with E-state index in [4.69, 9.17) is 0 Å². The molecule has 1 aromatic carbocycles. The lowest BCUT2D eigenvalue weighted by molar-refractivity contribution is -0.120. The Morgan fingerprint density at radius 1 is 1.11 bits per heavy atom. The highest BCUT2D eigenvalue weighted by Crippen LogP contribution is 2.06. The number of benzene rings is 1. The van der Waals surface area contributed by atoms with Gasteiger partial charge in [-0.3, -0.25) is 9.59 Å². The van der Waals surface area contributed by atoms with Crippen molar-refractivity contribution in [2.24, 2.45) is 0 Å². The first kappa shape index (κ1) is 14.2. The maximum absolute atomic E-state index is 11.8. The molecule has 4 nitrogen and oxygen atoms in total. The molecule has 2 N–H and O–H groups in total. The molecule has 0 spiro atoms. The number of carbonyl (C=O) groups excluding carboxylic acids is 2. The Labute approximate surface area is 108 Å². The van der Waals surface area contributed by atoms with Crippen LogP contribution in [0, 0.1) is 6.92 Å².